The lowest BCUT2D eigenvalue weighted by atomic mass is 10.2. The highest BCUT2D eigenvalue weighted by molar-refractivity contribution is 7.89. The summed E-state index contributed by atoms with van der Waals surface area (Å²) in [6, 6.07) is 9.27. The van der Waals surface area contributed by atoms with E-state index in [0.29, 0.717) is 24.5 Å². The number of carbonyl (C=O) groups excluding carboxylic acids is 2. The highest BCUT2D eigenvalue weighted by atomic mass is 32.2. The van der Waals surface area contributed by atoms with Gasteiger partial charge in [0.1, 0.15) is 13.1 Å². The number of fused-ring (bicyclic) bond motifs is 1. The first-order valence-corrected chi connectivity index (χ1v) is 10.7. The molecular weight excluding hydrogens is 396 g/mol. The number of rotatable bonds is 4. The van der Waals surface area contributed by atoms with E-state index in [1.54, 1.807) is 24.3 Å². The van der Waals surface area contributed by atoms with Crippen LogP contribution in [0.3, 0.4) is 0 Å². The van der Waals surface area contributed by atoms with Crippen molar-refractivity contribution >= 4 is 33.2 Å². The van der Waals surface area contributed by atoms with Gasteiger partial charge in [-0.15, -0.1) is 0 Å². The number of benzene rings is 1. The molecule has 1 N–H and O–H groups in total. The van der Waals surface area contributed by atoms with Crippen molar-refractivity contribution in [3.8, 4) is 0 Å². The molecule has 10 heteroatoms. The van der Waals surface area contributed by atoms with Crippen LogP contribution in [0, 0.1) is 0 Å². The number of hydrogen-bond acceptors (Lipinski definition) is 5. The van der Waals surface area contributed by atoms with E-state index in [4.69, 9.17) is 0 Å². The first-order chi connectivity index (χ1) is 13.9. The predicted octanol–water partition coefficient (Wildman–Crippen LogP) is 0.618. The molecule has 1 aromatic heterocycles. The van der Waals surface area contributed by atoms with E-state index >= 15 is 0 Å². The van der Waals surface area contributed by atoms with Crippen LogP contribution in [0.4, 0.5) is 11.4 Å². The topological polar surface area (TPSA) is 109 Å². The lowest BCUT2D eigenvalue weighted by Crippen LogP contribution is -2.44. The fourth-order valence-electron chi connectivity index (χ4n) is 3.55. The number of nitrogens with zero attached hydrogens (tertiary/aromatic N) is 3. The second-order valence-electron chi connectivity index (χ2n) is 6.99. The molecule has 0 saturated carbocycles. The summed E-state index contributed by atoms with van der Waals surface area (Å²) in [4.78, 5) is 38.3. The lowest BCUT2D eigenvalue weighted by Gasteiger charge is -2.29. The minimum Gasteiger partial charge on any atom is -0.323 e. The van der Waals surface area contributed by atoms with Crippen LogP contribution in [0.2, 0.25) is 0 Å². The lowest BCUT2D eigenvalue weighted by molar-refractivity contribution is -0.122. The summed E-state index contributed by atoms with van der Waals surface area (Å²) in [7, 11) is -3.71. The summed E-state index contributed by atoms with van der Waals surface area (Å²) in [6.45, 7) is 0.348. The molecule has 29 heavy (non-hydrogen) atoms. The summed E-state index contributed by atoms with van der Waals surface area (Å²) >= 11 is 0. The molecule has 2 amide bonds. The first kappa shape index (κ1) is 19.3. The number of pyridine rings is 1. The normalized spacial score (nSPS) is 17.1. The highest BCUT2D eigenvalue weighted by Crippen LogP contribution is 2.29. The molecule has 2 aliphatic heterocycles. The summed E-state index contributed by atoms with van der Waals surface area (Å²) in [5, 5.41) is 2.69. The van der Waals surface area contributed by atoms with E-state index in [9.17, 15) is 22.8 Å². The van der Waals surface area contributed by atoms with Crippen molar-refractivity contribution in [2.24, 2.45) is 0 Å². The van der Waals surface area contributed by atoms with Gasteiger partial charge in [-0.05, 0) is 31.0 Å². The molecule has 0 unspecified atom stereocenters. The smallest absolute Gasteiger partial charge is 0.251 e. The maximum Gasteiger partial charge on any atom is 0.251 e. The van der Waals surface area contributed by atoms with Crippen LogP contribution in [0.25, 0.3) is 0 Å². The van der Waals surface area contributed by atoms with Crippen molar-refractivity contribution in [1.29, 1.82) is 0 Å². The Labute approximate surface area is 167 Å². The standard InChI is InChI=1S/C19H20N4O5S/c24-17-12-23(16-6-2-1-5-15(16)20-17)19(26)13-21-11-14(7-8-18(21)25)29(27,28)22-9-3-4-10-22/h1-2,5-8,11H,3-4,9-10,12-13H2,(H,20,24). The molecule has 1 aromatic carbocycles. The highest BCUT2D eigenvalue weighted by Gasteiger charge is 2.29. The largest absolute Gasteiger partial charge is 0.323 e. The van der Waals surface area contributed by atoms with Gasteiger partial charge in [0.2, 0.25) is 21.8 Å². The van der Waals surface area contributed by atoms with Gasteiger partial charge in [0.05, 0.1) is 16.3 Å². The fraction of sp³-hybridized carbons (Fsp3) is 0.316. The predicted molar refractivity (Wildman–Crippen MR) is 106 cm³/mol. The van der Waals surface area contributed by atoms with Crippen molar-refractivity contribution in [2.75, 3.05) is 29.9 Å². The zero-order valence-electron chi connectivity index (χ0n) is 15.6. The second-order valence-corrected chi connectivity index (χ2v) is 8.93. The number of sulfonamides is 1. The van der Waals surface area contributed by atoms with Gasteiger partial charge in [-0.3, -0.25) is 19.3 Å². The SMILES string of the molecule is O=C1CN(C(=O)Cn2cc(S(=O)(=O)N3CCCC3)ccc2=O)c2ccccc2N1. The third kappa shape index (κ3) is 3.68. The van der Waals surface area contributed by atoms with Crippen molar-refractivity contribution in [1.82, 2.24) is 8.87 Å². The average Bonchev–Trinajstić information content (AvgIpc) is 3.24. The number of para-hydroxylation sites is 2. The average molecular weight is 416 g/mol. The van der Waals surface area contributed by atoms with Crippen LogP contribution >= 0.6 is 0 Å². The Hall–Kier alpha value is -2.98. The number of amides is 2. The molecule has 1 saturated heterocycles. The van der Waals surface area contributed by atoms with Gasteiger partial charge >= 0.3 is 0 Å². The molecular formula is C19H20N4O5S. The van der Waals surface area contributed by atoms with E-state index in [1.165, 1.54) is 21.5 Å². The molecule has 3 heterocycles. The van der Waals surface area contributed by atoms with Crippen LogP contribution in [-0.4, -0.2) is 48.7 Å². The van der Waals surface area contributed by atoms with Gasteiger partial charge in [-0.1, -0.05) is 12.1 Å². The molecule has 9 nitrogen and oxygen atoms in total. The van der Waals surface area contributed by atoms with E-state index in [2.05, 4.69) is 5.32 Å². The first-order valence-electron chi connectivity index (χ1n) is 9.26. The van der Waals surface area contributed by atoms with Gasteiger partial charge in [-0.2, -0.15) is 4.31 Å². The van der Waals surface area contributed by atoms with Crippen LogP contribution in [0.1, 0.15) is 12.8 Å². The maximum atomic E-state index is 12.9. The molecule has 0 radical (unpaired) electrons. The summed E-state index contributed by atoms with van der Waals surface area (Å²) < 4.78 is 28.0. The molecule has 1 fully saturated rings. The Kier molecular flexibility index (Phi) is 4.97. The number of aromatic nitrogens is 1. The van der Waals surface area contributed by atoms with Gasteiger partial charge in [0.15, 0.2) is 0 Å². The van der Waals surface area contributed by atoms with E-state index in [1.807, 2.05) is 0 Å². The van der Waals surface area contributed by atoms with Crippen molar-refractivity contribution < 1.29 is 18.0 Å². The van der Waals surface area contributed by atoms with Gasteiger partial charge in [-0.25, -0.2) is 8.42 Å². The number of carbonyl (C=O) groups is 2. The van der Waals surface area contributed by atoms with E-state index in [-0.39, 0.29) is 23.9 Å². The summed E-state index contributed by atoms with van der Waals surface area (Å²) in [5.41, 5.74) is 0.550. The Balaban J connectivity index is 1.62. The molecule has 0 aliphatic carbocycles. The summed E-state index contributed by atoms with van der Waals surface area (Å²) in [6.07, 6.45) is 2.80. The minimum atomic E-state index is -3.71. The number of hydrogen-bond donors (Lipinski definition) is 1. The number of nitrogens with one attached hydrogen (secondary N) is 1. The molecule has 0 spiro atoms. The molecule has 0 atom stereocenters. The molecule has 152 valence electrons. The molecule has 0 bridgehead atoms. The van der Waals surface area contributed by atoms with Gasteiger partial charge in [0.25, 0.3) is 5.56 Å². The van der Waals surface area contributed by atoms with Gasteiger partial charge < -0.3 is 9.88 Å². The monoisotopic (exact) mass is 416 g/mol. The van der Waals surface area contributed by atoms with Crippen LogP contribution in [0.5, 0.6) is 0 Å². The van der Waals surface area contributed by atoms with Crippen molar-refractivity contribution in [3.05, 3.63) is 52.9 Å². The third-order valence-electron chi connectivity index (χ3n) is 5.04. The Bertz CT molecular complexity index is 1140. The quantitative estimate of drug-likeness (QED) is 0.786. The zero-order chi connectivity index (χ0) is 20.6. The Morgan fingerprint density at radius 3 is 2.52 bits per heavy atom. The van der Waals surface area contributed by atoms with Gasteiger partial charge in [0, 0.05) is 25.4 Å². The van der Waals surface area contributed by atoms with E-state index in [0.717, 1.165) is 23.5 Å². The molecule has 2 aliphatic rings. The van der Waals surface area contributed by atoms with Crippen molar-refractivity contribution in [3.63, 3.8) is 0 Å². The number of anilines is 2. The van der Waals surface area contributed by atoms with E-state index < -0.39 is 21.5 Å². The fourth-order valence-corrected chi connectivity index (χ4v) is 5.09. The summed E-state index contributed by atoms with van der Waals surface area (Å²) in [5.74, 6) is -0.820. The van der Waals surface area contributed by atoms with Crippen LogP contribution in [-0.2, 0) is 26.2 Å². The maximum absolute atomic E-state index is 12.9. The second kappa shape index (κ2) is 7.45. The molecule has 4 rings (SSSR count). The zero-order valence-corrected chi connectivity index (χ0v) is 16.4. The minimum absolute atomic E-state index is 0.0245. The molecule has 2 aromatic rings. The Morgan fingerprint density at radius 2 is 1.76 bits per heavy atom. The van der Waals surface area contributed by atoms with Crippen LogP contribution in [0.15, 0.2) is 52.3 Å². The van der Waals surface area contributed by atoms with Crippen LogP contribution < -0.4 is 15.8 Å². The Morgan fingerprint density at radius 1 is 1.03 bits per heavy atom. The van der Waals surface area contributed by atoms with Crippen molar-refractivity contribution in [2.45, 2.75) is 24.3 Å². The third-order valence-corrected chi connectivity index (χ3v) is 6.92.